The molecule has 0 fully saturated rings. The Hall–Kier alpha value is -6.97. The van der Waals surface area contributed by atoms with Gasteiger partial charge in [0.1, 0.15) is 0 Å². The maximum atomic E-state index is 13.5. The Bertz CT molecular complexity index is 2040. The van der Waals surface area contributed by atoms with E-state index in [-0.39, 0.29) is 18.3 Å². The first-order valence-corrected chi connectivity index (χ1v) is 15.4. The van der Waals surface area contributed by atoms with Crippen LogP contribution in [0.1, 0.15) is 52.2 Å². The first kappa shape index (κ1) is 39.5. The van der Waals surface area contributed by atoms with Crippen LogP contribution >= 0.6 is 0 Å². The van der Waals surface area contributed by atoms with Crippen molar-refractivity contribution in [2.75, 3.05) is 13.2 Å². The number of hydrogen-bond acceptors (Lipinski definition) is 9. The van der Waals surface area contributed by atoms with Crippen LogP contribution in [-0.2, 0) is 14.3 Å². The molecular weight excluding hydrogens is 682 g/mol. The third kappa shape index (κ3) is 11.0. The molecule has 0 amide bonds. The topological polar surface area (TPSA) is 181 Å². The largest absolute Gasteiger partial charge is 0.481 e. The van der Waals surface area contributed by atoms with Crippen molar-refractivity contribution in [3.63, 3.8) is 0 Å². The van der Waals surface area contributed by atoms with Crippen molar-refractivity contribution in [1.82, 2.24) is 29.3 Å². The van der Waals surface area contributed by atoms with Gasteiger partial charge in [-0.05, 0) is 56.3 Å². The van der Waals surface area contributed by atoms with Gasteiger partial charge < -0.3 is 19.7 Å². The summed E-state index contributed by atoms with van der Waals surface area (Å²) in [5, 5.41) is 27.8. The lowest BCUT2D eigenvalue weighted by Gasteiger charge is -2.06. The standard InChI is InChI=1S/C12H11FN2O2.C12H12N2O2.C10H7FN2O2.C2H4O2/c1-2-17-12(16)11-10(13)8-14-15(11)9-6-4-3-5-7-9;1-2-16-12(15)11-8-9-13-14(11)10-6-4-3-5-7-10;11-8-6-12-13(9(8)10(14)15)7-4-2-1-3-5-7;1-2(3)4/h3-8H,2H2,1H3;3-9H,2H2,1H3;1-6H,(H,14,15);1H3,(H,3,4). The first-order chi connectivity index (χ1) is 25.0. The molecule has 0 saturated carbocycles. The summed E-state index contributed by atoms with van der Waals surface area (Å²) in [5.41, 5.74) is 1.76. The van der Waals surface area contributed by atoms with Gasteiger partial charge in [-0.2, -0.15) is 15.3 Å². The highest BCUT2D eigenvalue weighted by Gasteiger charge is 2.21. The molecule has 0 atom stereocenters. The van der Waals surface area contributed by atoms with E-state index in [1.54, 1.807) is 85.4 Å². The van der Waals surface area contributed by atoms with E-state index in [9.17, 15) is 23.2 Å². The number of aliphatic carboxylic acids is 1. The predicted molar refractivity (Wildman–Crippen MR) is 183 cm³/mol. The number of halogens is 2. The molecule has 2 N–H and O–H groups in total. The molecule has 6 rings (SSSR count). The van der Waals surface area contributed by atoms with E-state index in [4.69, 9.17) is 24.5 Å². The van der Waals surface area contributed by atoms with E-state index in [0.29, 0.717) is 23.7 Å². The van der Waals surface area contributed by atoms with Crippen molar-refractivity contribution in [3.05, 3.63) is 144 Å². The average molecular weight is 717 g/mol. The van der Waals surface area contributed by atoms with E-state index in [2.05, 4.69) is 15.3 Å². The number of aromatic nitrogens is 6. The van der Waals surface area contributed by atoms with E-state index in [1.165, 1.54) is 4.68 Å². The van der Waals surface area contributed by atoms with Crippen molar-refractivity contribution in [2.24, 2.45) is 0 Å². The Morgan fingerprint density at radius 2 is 0.981 bits per heavy atom. The number of rotatable bonds is 8. The minimum atomic E-state index is -1.34. The van der Waals surface area contributed by atoms with Gasteiger partial charge in [0.05, 0.1) is 48.9 Å². The van der Waals surface area contributed by atoms with E-state index >= 15 is 0 Å². The maximum Gasteiger partial charge on any atom is 0.360 e. The molecule has 0 unspecified atom stereocenters. The second kappa shape index (κ2) is 19.9. The maximum absolute atomic E-state index is 13.5. The van der Waals surface area contributed by atoms with E-state index in [1.807, 2.05) is 36.4 Å². The van der Waals surface area contributed by atoms with Crippen LogP contribution in [0.15, 0.2) is 116 Å². The molecule has 0 aliphatic rings. The van der Waals surface area contributed by atoms with Crippen LogP contribution in [0.5, 0.6) is 0 Å². The molecular formula is C36H34F2N6O8. The van der Waals surface area contributed by atoms with Gasteiger partial charge in [0.15, 0.2) is 28.7 Å². The fourth-order valence-corrected chi connectivity index (χ4v) is 4.20. The number of ether oxygens (including phenoxy) is 2. The van der Waals surface area contributed by atoms with Crippen molar-refractivity contribution in [1.29, 1.82) is 0 Å². The van der Waals surface area contributed by atoms with E-state index in [0.717, 1.165) is 29.7 Å². The molecule has 0 radical (unpaired) electrons. The zero-order valence-electron chi connectivity index (χ0n) is 28.2. The summed E-state index contributed by atoms with van der Waals surface area (Å²) in [4.78, 5) is 43.0. The van der Waals surface area contributed by atoms with Gasteiger partial charge in [0.2, 0.25) is 0 Å². The van der Waals surface area contributed by atoms with Gasteiger partial charge in [-0.25, -0.2) is 37.2 Å². The number of para-hydroxylation sites is 3. The number of aromatic carboxylic acids is 1. The Morgan fingerprint density at radius 3 is 1.40 bits per heavy atom. The molecule has 270 valence electrons. The molecule has 3 aromatic heterocycles. The van der Waals surface area contributed by atoms with Crippen molar-refractivity contribution >= 4 is 23.9 Å². The Kier molecular flexibility index (Phi) is 15.1. The summed E-state index contributed by atoms with van der Waals surface area (Å²) in [6, 6.07) is 28.5. The lowest BCUT2D eigenvalue weighted by atomic mass is 10.3. The zero-order valence-corrected chi connectivity index (χ0v) is 28.2. The molecule has 14 nitrogen and oxygen atoms in total. The molecule has 0 saturated heterocycles. The number of nitrogens with zero attached hydrogens (tertiary/aromatic N) is 6. The smallest absolute Gasteiger partial charge is 0.360 e. The van der Waals surface area contributed by atoms with Crippen molar-refractivity contribution < 1.29 is 47.6 Å². The monoisotopic (exact) mass is 716 g/mol. The van der Waals surface area contributed by atoms with Crippen LogP contribution in [0.25, 0.3) is 17.1 Å². The van der Waals surface area contributed by atoms with Gasteiger partial charge in [-0.3, -0.25) is 4.79 Å². The lowest BCUT2D eigenvalue weighted by Crippen LogP contribution is -2.13. The molecule has 3 heterocycles. The lowest BCUT2D eigenvalue weighted by molar-refractivity contribution is -0.134. The summed E-state index contributed by atoms with van der Waals surface area (Å²) in [5.74, 6) is -4.78. The first-order valence-electron chi connectivity index (χ1n) is 15.4. The van der Waals surface area contributed by atoms with Crippen LogP contribution in [0.2, 0.25) is 0 Å². The summed E-state index contributed by atoms with van der Waals surface area (Å²) in [7, 11) is 0. The summed E-state index contributed by atoms with van der Waals surface area (Å²) >= 11 is 0. The summed E-state index contributed by atoms with van der Waals surface area (Å²) < 4.78 is 40.2. The zero-order chi connectivity index (χ0) is 38.0. The highest BCUT2D eigenvalue weighted by Crippen LogP contribution is 2.15. The molecule has 6 aromatic rings. The van der Waals surface area contributed by atoms with Gasteiger partial charge in [-0.1, -0.05) is 54.6 Å². The number of esters is 2. The molecule has 0 aliphatic heterocycles. The Morgan fingerprint density at radius 1 is 0.596 bits per heavy atom. The normalized spacial score (nSPS) is 9.87. The van der Waals surface area contributed by atoms with Crippen LogP contribution in [0.3, 0.4) is 0 Å². The van der Waals surface area contributed by atoms with Gasteiger partial charge in [-0.15, -0.1) is 0 Å². The highest BCUT2D eigenvalue weighted by molar-refractivity contribution is 5.89. The fraction of sp³-hybridized carbons (Fsp3) is 0.139. The minimum Gasteiger partial charge on any atom is -0.481 e. The molecule has 3 aromatic carbocycles. The van der Waals surface area contributed by atoms with Crippen molar-refractivity contribution in [3.8, 4) is 17.1 Å². The molecule has 0 spiro atoms. The predicted octanol–water partition coefficient (Wildman–Crippen LogP) is 6.04. The van der Waals surface area contributed by atoms with Crippen LogP contribution in [-0.4, -0.2) is 76.6 Å². The van der Waals surface area contributed by atoms with Gasteiger partial charge >= 0.3 is 17.9 Å². The Balaban J connectivity index is 0.000000200. The Labute approximate surface area is 296 Å². The number of carbonyl (C=O) groups excluding carboxylic acids is 2. The molecule has 16 heteroatoms. The summed E-state index contributed by atoms with van der Waals surface area (Å²) in [6.07, 6.45) is 3.47. The SMILES string of the molecule is CC(=O)O.CCOC(=O)c1c(F)cnn1-c1ccccc1.CCOC(=O)c1ccnn1-c1ccccc1.O=C(O)c1c(F)cnn1-c1ccccc1. The van der Waals surface area contributed by atoms with E-state index < -0.39 is 35.2 Å². The molecule has 0 aliphatic carbocycles. The third-order valence-corrected chi connectivity index (χ3v) is 6.25. The fourth-order valence-electron chi connectivity index (χ4n) is 4.20. The van der Waals surface area contributed by atoms with Crippen molar-refractivity contribution in [2.45, 2.75) is 20.8 Å². The summed E-state index contributed by atoms with van der Waals surface area (Å²) in [6.45, 7) is 5.08. The van der Waals surface area contributed by atoms with Crippen LogP contribution < -0.4 is 0 Å². The average Bonchev–Trinajstić information content (AvgIpc) is 3.89. The quantitative estimate of drug-likeness (QED) is 0.175. The molecule has 52 heavy (non-hydrogen) atoms. The van der Waals surface area contributed by atoms with Crippen LogP contribution in [0, 0.1) is 11.6 Å². The van der Waals surface area contributed by atoms with Gasteiger partial charge in [0, 0.05) is 6.92 Å². The number of hydrogen-bond donors (Lipinski definition) is 2. The number of benzene rings is 3. The minimum absolute atomic E-state index is 0.182. The van der Waals surface area contributed by atoms with Crippen LogP contribution in [0.4, 0.5) is 8.78 Å². The van der Waals surface area contributed by atoms with Gasteiger partial charge in [0.25, 0.3) is 5.97 Å². The number of carboxylic acids is 2. The highest BCUT2D eigenvalue weighted by atomic mass is 19.1. The number of carbonyl (C=O) groups is 4. The second-order valence-electron chi connectivity index (χ2n) is 9.91. The molecule has 0 bridgehead atoms. The second-order valence-corrected chi connectivity index (χ2v) is 9.91. The third-order valence-electron chi connectivity index (χ3n) is 6.25. The number of carboxylic acid groups (broad SMARTS) is 2.